The number of nitrogens with one attached hydrogen (secondary N) is 1. The molecular weight excluding hydrogens is 262 g/mol. The maximum absolute atomic E-state index is 11.5. The molecule has 0 saturated heterocycles. The van der Waals surface area contributed by atoms with Crippen LogP contribution in [0.25, 0.3) is 0 Å². The fourth-order valence-electron chi connectivity index (χ4n) is 1.67. The summed E-state index contributed by atoms with van der Waals surface area (Å²) >= 11 is 0. The van der Waals surface area contributed by atoms with Gasteiger partial charge in [-0.05, 0) is 13.0 Å². The first-order valence-electron chi connectivity index (χ1n) is 6.35. The van der Waals surface area contributed by atoms with E-state index in [9.17, 15) is 9.59 Å². The van der Waals surface area contributed by atoms with Crippen LogP contribution in [0.15, 0.2) is 18.2 Å². The van der Waals surface area contributed by atoms with Crippen LogP contribution in [0.5, 0.6) is 11.5 Å². The Morgan fingerprint density at radius 1 is 1.30 bits per heavy atom. The van der Waals surface area contributed by atoms with Gasteiger partial charge in [0.15, 0.2) is 11.5 Å². The third kappa shape index (κ3) is 4.79. The van der Waals surface area contributed by atoms with Gasteiger partial charge in [0.1, 0.15) is 0 Å². The molecule has 0 saturated carbocycles. The van der Waals surface area contributed by atoms with Crippen molar-refractivity contribution in [3.8, 4) is 11.5 Å². The van der Waals surface area contributed by atoms with Gasteiger partial charge < -0.3 is 19.9 Å². The van der Waals surface area contributed by atoms with Crippen molar-refractivity contribution in [1.29, 1.82) is 0 Å². The molecule has 6 heteroatoms. The molecule has 0 aliphatic heterocycles. The van der Waals surface area contributed by atoms with Crippen molar-refractivity contribution in [2.75, 3.05) is 13.7 Å². The molecule has 0 fully saturated rings. The van der Waals surface area contributed by atoms with Crippen LogP contribution in [-0.2, 0) is 16.1 Å². The number of para-hydroxylation sites is 1. The van der Waals surface area contributed by atoms with Crippen LogP contribution in [0, 0.1) is 0 Å². The Morgan fingerprint density at radius 3 is 2.65 bits per heavy atom. The van der Waals surface area contributed by atoms with Crippen molar-refractivity contribution >= 4 is 11.9 Å². The molecule has 1 rings (SSSR count). The summed E-state index contributed by atoms with van der Waals surface area (Å²) in [6, 6.07) is 5.41. The number of methoxy groups -OCH3 is 1. The van der Waals surface area contributed by atoms with E-state index in [1.165, 1.54) is 0 Å². The molecule has 0 bridgehead atoms. The van der Waals surface area contributed by atoms with E-state index < -0.39 is 5.97 Å². The normalized spacial score (nSPS) is 9.90. The number of benzene rings is 1. The number of hydrogen-bond donors (Lipinski definition) is 2. The van der Waals surface area contributed by atoms with Gasteiger partial charge in [-0.1, -0.05) is 12.1 Å². The first-order valence-corrected chi connectivity index (χ1v) is 6.35. The third-order valence-electron chi connectivity index (χ3n) is 2.61. The summed E-state index contributed by atoms with van der Waals surface area (Å²) in [4.78, 5) is 21.9. The lowest BCUT2D eigenvalue weighted by molar-refractivity contribution is -0.138. The molecule has 0 atom stereocenters. The molecule has 1 aromatic carbocycles. The van der Waals surface area contributed by atoms with E-state index in [-0.39, 0.29) is 25.3 Å². The number of amides is 1. The minimum absolute atomic E-state index is 0.0384. The highest BCUT2D eigenvalue weighted by Gasteiger charge is 2.11. The number of hydrogen-bond acceptors (Lipinski definition) is 4. The fraction of sp³-hybridized carbons (Fsp3) is 0.429. The Morgan fingerprint density at radius 2 is 2.05 bits per heavy atom. The van der Waals surface area contributed by atoms with Gasteiger partial charge in [-0.2, -0.15) is 0 Å². The summed E-state index contributed by atoms with van der Waals surface area (Å²) in [5.74, 6) is -0.102. The molecule has 20 heavy (non-hydrogen) atoms. The Kier molecular flexibility index (Phi) is 6.36. The lowest BCUT2D eigenvalue weighted by Gasteiger charge is -2.14. The number of ether oxygens (including phenoxy) is 2. The molecular formula is C14H19NO5. The molecule has 0 aliphatic carbocycles. The Bertz CT molecular complexity index is 473. The summed E-state index contributed by atoms with van der Waals surface area (Å²) in [7, 11) is 1.55. The molecule has 1 aromatic rings. The number of aliphatic carboxylic acids is 1. The SMILES string of the molecule is CCOc1c(CNC(=O)CCC(=O)O)cccc1OC. The predicted molar refractivity (Wildman–Crippen MR) is 72.9 cm³/mol. The molecule has 0 radical (unpaired) electrons. The minimum atomic E-state index is -0.989. The van der Waals surface area contributed by atoms with Gasteiger partial charge >= 0.3 is 5.97 Å². The summed E-state index contributed by atoms with van der Waals surface area (Å²) in [6.07, 6.45) is -0.217. The maximum Gasteiger partial charge on any atom is 0.303 e. The topological polar surface area (TPSA) is 84.9 Å². The van der Waals surface area contributed by atoms with E-state index in [0.29, 0.717) is 18.1 Å². The van der Waals surface area contributed by atoms with Gasteiger partial charge in [0.2, 0.25) is 5.91 Å². The molecule has 1 amide bonds. The van der Waals surface area contributed by atoms with Gasteiger partial charge in [0.25, 0.3) is 0 Å². The molecule has 2 N–H and O–H groups in total. The smallest absolute Gasteiger partial charge is 0.303 e. The number of carboxylic acid groups (broad SMARTS) is 1. The highest BCUT2D eigenvalue weighted by Crippen LogP contribution is 2.30. The summed E-state index contributed by atoms with van der Waals surface area (Å²) < 4.78 is 10.7. The van der Waals surface area contributed by atoms with Crippen LogP contribution in [0.4, 0.5) is 0 Å². The Balaban J connectivity index is 2.67. The van der Waals surface area contributed by atoms with Crippen molar-refractivity contribution < 1.29 is 24.2 Å². The third-order valence-corrected chi connectivity index (χ3v) is 2.61. The van der Waals surface area contributed by atoms with Gasteiger partial charge in [-0.25, -0.2) is 0 Å². The summed E-state index contributed by atoms with van der Waals surface area (Å²) in [5.41, 5.74) is 0.787. The van der Waals surface area contributed by atoms with Gasteiger partial charge in [0, 0.05) is 18.5 Å². The monoisotopic (exact) mass is 281 g/mol. The molecule has 0 aliphatic rings. The molecule has 0 aromatic heterocycles. The number of rotatable bonds is 8. The zero-order valence-electron chi connectivity index (χ0n) is 11.6. The van der Waals surface area contributed by atoms with E-state index >= 15 is 0 Å². The first kappa shape index (κ1) is 15.8. The van der Waals surface area contributed by atoms with Crippen molar-refractivity contribution in [2.45, 2.75) is 26.3 Å². The van der Waals surface area contributed by atoms with Crippen molar-refractivity contribution in [1.82, 2.24) is 5.32 Å². The van der Waals surface area contributed by atoms with Gasteiger partial charge in [-0.15, -0.1) is 0 Å². The van der Waals surface area contributed by atoms with Crippen molar-refractivity contribution in [3.63, 3.8) is 0 Å². The zero-order chi connectivity index (χ0) is 15.0. The highest BCUT2D eigenvalue weighted by molar-refractivity contribution is 5.80. The predicted octanol–water partition coefficient (Wildman–Crippen LogP) is 1.57. The minimum Gasteiger partial charge on any atom is -0.493 e. The molecule has 0 heterocycles. The second-order valence-corrected chi connectivity index (χ2v) is 4.05. The quantitative estimate of drug-likeness (QED) is 0.755. The largest absolute Gasteiger partial charge is 0.493 e. The molecule has 0 spiro atoms. The Labute approximate surface area is 117 Å². The summed E-state index contributed by atoms with van der Waals surface area (Å²) in [6.45, 7) is 2.62. The summed E-state index contributed by atoms with van der Waals surface area (Å²) in [5, 5.41) is 11.2. The lowest BCUT2D eigenvalue weighted by atomic mass is 10.1. The molecule has 6 nitrogen and oxygen atoms in total. The van der Waals surface area contributed by atoms with E-state index in [1.54, 1.807) is 19.2 Å². The zero-order valence-corrected chi connectivity index (χ0v) is 11.6. The molecule has 0 unspecified atom stereocenters. The van der Waals surface area contributed by atoms with E-state index in [2.05, 4.69) is 5.32 Å². The first-order chi connectivity index (χ1) is 9.58. The van der Waals surface area contributed by atoms with E-state index in [0.717, 1.165) is 5.56 Å². The van der Waals surface area contributed by atoms with Gasteiger partial charge in [-0.3, -0.25) is 9.59 Å². The number of carboxylic acids is 1. The van der Waals surface area contributed by atoms with Crippen LogP contribution in [0.1, 0.15) is 25.3 Å². The highest BCUT2D eigenvalue weighted by atomic mass is 16.5. The molecule has 110 valence electrons. The van der Waals surface area contributed by atoms with Crippen molar-refractivity contribution in [3.05, 3.63) is 23.8 Å². The van der Waals surface area contributed by atoms with E-state index in [1.807, 2.05) is 13.0 Å². The maximum atomic E-state index is 11.5. The fourth-order valence-corrected chi connectivity index (χ4v) is 1.67. The average molecular weight is 281 g/mol. The lowest BCUT2D eigenvalue weighted by Crippen LogP contribution is -2.23. The standard InChI is InChI=1S/C14H19NO5/c1-3-20-14-10(5-4-6-11(14)19-2)9-15-12(16)7-8-13(17)18/h4-6H,3,7-9H2,1-2H3,(H,15,16)(H,17,18). The second-order valence-electron chi connectivity index (χ2n) is 4.05. The number of carbonyl (C=O) groups excluding carboxylic acids is 1. The van der Waals surface area contributed by atoms with Crippen molar-refractivity contribution in [2.24, 2.45) is 0 Å². The second kappa shape index (κ2) is 8.04. The number of carbonyl (C=O) groups is 2. The average Bonchev–Trinajstić information content (AvgIpc) is 2.44. The van der Waals surface area contributed by atoms with Gasteiger partial charge in [0.05, 0.1) is 20.1 Å². The van der Waals surface area contributed by atoms with Crippen LogP contribution < -0.4 is 14.8 Å². The Hall–Kier alpha value is -2.24. The van der Waals surface area contributed by atoms with Crippen LogP contribution in [-0.4, -0.2) is 30.7 Å². The van der Waals surface area contributed by atoms with E-state index in [4.69, 9.17) is 14.6 Å². The van der Waals surface area contributed by atoms with Crippen LogP contribution >= 0.6 is 0 Å². The van der Waals surface area contributed by atoms with Crippen LogP contribution in [0.2, 0.25) is 0 Å². The van der Waals surface area contributed by atoms with Crippen LogP contribution in [0.3, 0.4) is 0 Å².